The summed E-state index contributed by atoms with van der Waals surface area (Å²) in [7, 11) is 4.17. The van der Waals surface area contributed by atoms with Gasteiger partial charge in [-0.05, 0) is 136 Å². The van der Waals surface area contributed by atoms with Crippen LogP contribution in [0.25, 0.3) is 6.08 Å². The van der Waals surface area contributed by atoms with Crippen LogP contribution in [0.3, 0.4) is 0 Å². The summed E-state index contributed by atoms with van der Waals surface area (Å²) < 4.78 is 109. The maximum Gasteiger partial charge on any atom is 0.331 e. The van der Waals surface area contributed by atoms with Gasteiger partial charge >= 0.3 is 17.9 Å². The van der Waals surface area contributed by atoms with Gasteiger partial charge < -0.3 is 187 Å². The van der Waals surface area contributed by atoms with Crippen molar-refractivity contribution in [3.05, 3.63) is 35.4 Å². The van der Waals surface area contributed by atoms with Gasteiger partial charge in [-0.15, -0.1) is 0 Å². The number of carbonyl (C=O) groups is 3. The third kappa shape index (κ3) is 16.7. The number of aliphatic carboxylic acids is 1. The minimum absolute atomic E-state index is 0.0504. The predicted octanol–water partition coefficient (Wildman–Crippen LogP) is -5.29. The fourth-order valence-corrected chi connectivity index (χ4v) is 21.9. The Morgan fingerprint density at radius 3 is 1.66 bits per heavy atom. The molecule has 0 spiro atoms. The van der Waals surface area contributed by atoms with Gasteiger partial charge in [-0.25, -0.2) is 4.79 Å². The van der Waals surface area contributed by atoms with Crippen LogP contribution in [0.4, 0.5) is 0 Å². The molecule has 11 fully saturated rings. The third-order valence-electron chi connectivity index (χ3n) is 29.0. The van der Waals surface area contributed by atoms with Crippen molar-refractivity contribution >= 4 is 24.0 Å². The molecule has 0 bridgehead atoms. The van der Waals surface area contributed by atoms with Crippen LogP contribution in [0.2, 0.25) is 0 Å². The number of benzene rings is 1. The van der Waals surface area contributed by atoms with E-state index in [9.17, 15) is 112 Å². The van der Waals surface area contributed by atoms with Gasteiger partial charge in [0, 0.05) is 11.5 Å². The largest absolute Gasteiger partial charge is 0.493 e. The van der Waals surface area contributed by atoms with Crippen molar-refractivity contribution in [1.82, 2.24) is 0 Å². The van der Waals surface area contributed by atoms with Crippen molar-refractivity contribution in [2.24, 2.45) is 50.2 Å². The fourth-order valence-electron chi connectivity index (χ4n) is 21.9. The summed E-state index contributed by atoms with van der Waals surface area (Å²) in [5.41, 5.74) is -8.09. The van der Waals surface area contributed by atoms with Gasteiger partial charge in [0.1, 0.15) is 128 Å². The number of esters is 2. The van der Waals surface area contributed by atoms with Gasteiger partial charge in [-0.2, -0.15) is 0 Å². The number of rotatable bonds is 25. The second-order valence-electron chi connectivity index (χ2n) is 36.5. The number of carboxylic acids is 1. The molecule has 12 aliphatic rings. The van der Waals surface area contributed by atoms with Crippen LogP contribution in [-0.2, 0) is 85.4 Å². The molecule has 692 valence electrons. The smallest absolute Gasteiger partial charge is 0.331 e. The molecule has 122 heavy (non-hydrogen) atoms. The van der Waals surface area contributed by atoms with E-state index >= 15 is 4.79 Å². The summed E-state index contributed by atoms with van der Waals surface area (Å²) in [6.45, 7) is 6.93. The zero-order chi connectivity index (χ0) is 88.9. The van der Waals surface area contributed by atoms with Crippen molar-refractivity contribution < 1.29 is 202 Å². The molecule has 2 unspecified atom stereocenters. The fraction of sp³-hybridized carbons (Fsp3) is 0.840. The molecule has 1 aromatic rings. The number of hydrogen-bond acceptors (Lipinski definition) is 40. The molecule has 0 amide bonds. The second kappa shape index (κ2) is 36.6. The topological polar surface area (TPSA) is 622 Å². The average molecular weight is 1750 g/mol. The highest BCUT2D eigenvalue weighted by Gasteiger charge is 2.74. The Kier molecular flexibility index (Phi) is 28.5. The molecule has 41 nitrogen and oxygen atoms in total. The monoisotopic (exact) mass is 1750 g/mol. The highest BCUT2D eigenvalue weighted by atomic mass is 16.8. The van der Waals surface area contributed by atoms with Crippen LogP contribution >= 0.6 is 0 Å². The molecule has 20 N–H and O–H groups in total. The molecule has 4 saturated carbocycles. The number of hydrogen-bond donors (Lipinski definition) is 20. The van der Waals surface area contributed by atoms with E-state index in [0.717, 1.165) is 11.6 Å². The van der Waals surface area contributed by atoms with Crippen LogP contribution in [-0.4, -0.2) is 390 Å². The molecule has 0 radical (unpaired) electrons. The predicted molar refractivity (Wildman–Crippen MR) is 404 cm³/mol. The summed E-state index contributed by atoms with van der Waals surface area (Å²) in [6.07, 6.45) is -54.1. The number of aliphatic hydroxyl groups excluding tert-OH is 18. The van der Waals surface area contributed by atoms with E-state index in [2.05, 4.69) is 6.92 Å². The summed E-state index contributed by atoms with van der Waals surface area (Å²) in [5, 5.41) is 225. The Balaban J connectivity index is 0.838. The van der Waals surface area contributed by atoms with Gasteiger partial charge in [0.15, 0.2) is 61.4 Å². The number of aliphatic hydroxyl groups is 19. The first-order valence-corrected chi connectivity index (χ1v) is 41.5. The summed E-state index contributed by atoms with van der Waals surface area (Å²) in [6, 6.07) is 3.06. The van der Waals surface area contributed by atoms with Crippen LogP contribution in [0.15, 0.2) is 29.9 Å². The normalized spacial score (nSPS) is 48.9. The van der Waals surface area contributed by atoms with Crippen molar-refractivity contribution in [2.45, 2.75) is 308 Å². The van der Waals surface area contributed by atoms with Gasteiger partial charge in [0.25, 0.3) is 0 Å². The van der Waals surface area contributed by atoms with Crippen LogP contribution < -0.4 is 14.2 Å². The molecule has 13 rings (SSSR count). The standard InChI is InChI=1S/C81H122O41/c1-32-57(115-46(89)14-11-34-21-40(105-8)60(107-10)41(22-34)106-9)55(98)62(119-69-56(99)61(118-67-53(96)50(93)48(91)42(25-82)113-67)58(33(2)111-69)116-70-63(120-66-52(95)47(90)38(87)27-108-66)59(39(88)28-109-70)117-72-64(100)81(104,30-85)31-110-72)71(112-32)122-74(103)79-18-17-75(3,4)23-36(79)35-12-13-44-76(5)24-37(86)65(121-68-54(97)51(94)49(92)43(26-83)114-68)78(7,73(101)102)45(76)15-16-77(44,6)80(35,29-84)20-19-79/h11-12,14,21-22,32-33,36-39,42-45,47-59,61-72,82-88,90-100,104H,13,15-20,23-31H2,1-10H3,(H,101,102)/b14-11+/t32-,33+,36+,37?,38-,39+,42-,43-,44-,45-,47+,48+,49-,50+,51+,52-,53-,54-,55+,56-,57+,58+,59+,61+,62-,63-,64+,65?,66+,67+,68+,69+,70+,71+,72+,76-,77-,78+,79+,80+,81-/m1/s1. The molecule has 41 heteroatoms. The van der Waals surface area contributed by atoms with Gasteiger partial charge in [0.05, 0.1) is 96.7 Å². The van der Waals surface area contributed by atoms with Crippen molar-refractivity contribution in [1.29, 1.82) is 0 Å². The molecular formula is C81H122O41. The zero-order valence-corrected chi connectivity index (χ0v) is 69.4. The Hall–Kier alpha value is -4.77. The van der Waals surface area contributed by atoms with E-state index < -0.39 is 317 Å². The molecule has 7 heterocycles. The average Bonchev–Trinajstić information content (AvgIpc) is 0.759. The molecule has 5 aliphatic carbocycles. The number of carboxylic acid groups (broad SMARTS) is 1. The van der Waals surface area contributed by atoms with Gasteiger partial charge in [-0.3, -0.25) is 9.59 Å². The van der Waals surface area contributed by atoms with Crippen LogP contribution in [0.5, 0.6) is 17.2 Å². The Bertz CT molecular complexity index is 3830. The van der Waals surface area contributed by atoms with E-state index in [1.807, 2.05) is 26.8 Å². The van der Waals surface area contributed by atoms with Crippen molar-refractivity contribution in [3.63, 3.8) is 0 Å². The lowest BCUT2D eigenvalue weighted by atomic mass is 9.33. The number of fused-ring (bicyclic) bond motifs is 7. The molecular weight excluding hydrogens is 1630 g/mol. The van der Waals surface area contributed by atoms with Gasteiger partial charge in [-0.1, -0.05) is 39.3 Å². The lowest BCUT2D eigenvalue weighted by Gasteiger charge is -2.71. The lowest BCUT2D eigenvalue weighted by molar-refractivity contribution is -0.404. The van der Waals surface area contributed by atoms with Crippen LogP contribution in [0, 0.1) is 50.2 Å². The van der Waals surface area contributed by atoms with E-state index in [0.29, 0.717) is 24.8 Å². The van der Waals surface area contributed by atoms with Crippen LogP contribution in [0.1, 0.15) is 112 Å². The summed E-state index contributed by atoms with van der Waals surface area (Å²) in [5.74, 6) is -4.52. The lowest BCUT2D eigenvalue weighted by Crippen LogP contribution is -2.71. The first-order chi connectivity index (χ1) is 57.5. The highest BCUT2D eigenvalue weighted by molar-refractivity contribution is 5.87. The van der Waals surface area contributed by atoms with E-state index in [1.54, 1.807) is 0 Å². The summed E-state index contributed by atoms with van der Waals surface area (Å²) >= 11 is 0. The van der Waals surface area contributed by atoms with Gasteiger partial charge in [0.2, 0.25) is 12.0 Å². The van der Waals surface area contributed by atoms with E-state index in [1.165, 1.54) is 60.3 Å². The Morgan fingerprint density at radius 2 is 1.07 bits per heavy atom. The molecule has 41 atom stereocenters. The first kappa shape index (κ1) is 94.8. The number of methoxy groups -OCH3 is 3. The quantitative estimate of drug-likeness (QED) is 0.0188. The number of carbonyl (C=O) groups excluding carboxylic acids is 2. The highest BCUT2D eigenvalue weighted by Crippen LogP contribution is 2.76. The molecule has 7 saturated heterocycles. The van der Waals surface area contributed by atoms with E-state index in [4.69, 9.17) is 85.3 Å². The third-order valence-corrected chi connectivity index (χ3v) is 29.0. The maximum atomic E-state index is 16.4. The first-order valence-electron chi connectivity index (χ1n) is 41.5. The second-order valence-corrected chi connectivity index (χ2v) is 36.5. The van der Waals surface area contributed by atoms with Crippen molar-refractivity contribution in [2.75, 3.05) is 67.6 Å². The number of ether oxygens (including phenoxy) is 18. The number of allylic oxidation sites excluding steroid dienone is 1. The zero-order valence-electron chi connectivity index (χ0n) is 69.4. The van der Waals surface area contributed by atoms with Crippen molar-refractivity contribution in [3.8, 4) is 17.2 Å². The SMILES string of the molecule is COc1cc(/C=C/C(=O)O[C@@H]2[C@H](O)[C@@H](O[C@@H]3O[C@@H](C)[C@H](O[C@@H]4OC[C@H](O)[C@H](O[C@@H]5OC[C@](O)(CO)[C@H]5O)[C@H]4O[C@@H]4OC[C@@H](O)[C@H](O)[C@H]4O)[C@@H](O[C@@H]4O[C@H](CO)[C@H](O)[C@H](O)[C@H]4O)[C@H]3O)[C@H](OC(=O)[C@]34CCC(C)(C)C[C@H]3C3=CC[C@@H]5[C@@]6(C)CC(O)C(O[C@@H]7O[C@H](CO)[C@@H](O)[C@H](O)[C@H]7O)[C@@](C)(C(=O)O)[C@@H]6CC[C@@]5(C)[C@]3(CO)CC4)O[C@@H]2C)cc(OC)c1OC. The summed E-state index contributed by atoms with van der Waals surface area (Å²) in [4.78, 5) is 44.7. The Morgan fingerprint density at radius 1 is 0.508 bits per heavy atom. The molecule has 1 aromatic carbocycles. The molecule has 0 aromatic heterocycles. The Labute approximate surface area is 702 Å². The van der Waals surface area contributed by atoms with E-state index in [-0.39, 0.29) is 55.8 Å². The molecule has 7 aliphatic heterocycles. The minimum atomic E-state index is -2.36. The minimum Gasteiger partial charge on any atom is -0.493 e. The maximum absolute atomic E-state index is 16.4.